The van der Waals surface area contributed by atoms with Crippen LogP contribution in [0.2, 0.25) is 19.6 Å². The molecule has 0 aromatic carbocycles. The second-order valence-corrected chi connectivity index (χ2v) is 10.4. The molecular formula is C13H19N3OSi. The van der Waals surface area contributed by atoms with E-state index in [-0.39, 0.29) is 0 Å². The molecule has 1 saturated carbocycles. The Kier molecular flexibility index (Phi) is 3.31. The Bertz CT molecular complexity index is 522. The van der Waals surface area contributed by atoms with Crippen molar-refractivity contribution in [3.8, 4) is 17.3 Å². The highest BCUT2D eigenvalue weighted by Crippen LogP contribution is 2.39. The Morgan fingerprint density at radius 1 is 1.28 bits per heavy atom. The van der Waals surface area contributed by atoms with Gasteiger partial charge in [-0.3, -0.25) is 0 Å². The zero-order valence-corrected chi connectivity index (χ0v) is 12.4. The maximum absolute atomic E-state index is 5.97. The highest BCUT2D eigenvalue weighted by atomic mass is 28.3. The Balaban J connectivity index is 2.42. The number of nitrogens with zero attached hydrogens (tertiary/aromatic N) is 2. The first-order chi connectivity index (χ1) is 8.40. The molecule has 18 heavy (non-hydrogen) atoms. The molecule has 0 bridgehead atoms. The minimum atomic E-state index is -1.45. The van der Waals surface area contributed by atoms with Gasteiger partial charge in [0.2, 0.25) is 5.88 Å². The zero-order valence-electron chi connectivity index (χ0n) is 11.4. The summed E-state index contributed by atoms with van der Waals surface area (Å²) in [6.07, 6.45) is 2.28. The smallest absolute Gasteiger partial charge is 0.234 e. The minimum absolute atomic E-state index is 0.439. The molecule has 96 valence electrons. The van der Waals surface area contributed by atoms with Crippen molar-refractivity contribution < 1.29 is 4.74 Å². The first kappa shape index (κ1) is 12.9. The van der Waals surface area contributed by atoms with E-state index in [2.05, 4.69) is 41.1 Å². The number of rotatable bonds is 2. The van der Waals surface area contributed by atoms with E-state index in [4.69, 9.17) is 10.5 Å². The summed E-state index contributed by atoms with van der Waals surface area (Å²) in [6, 6.07) is 0. The van der Waals surface area contributed by atoms with Crippen LogP contribution < -0.4 is 10.5 Å². The van der Waals surface area contributed by atoms with Crippen molar-refractivity contribution in [2.45, 2.75) is 38.4 Å². The van der Waals surface area contributed by atoms with Crippen molar-refractivity contribution in [2.75, 3.05) is 12.8 Å². The lowest BCUT2D eigenvalue weighted by Gasteiger charge is -2.08. The molecule has 2 rings (SSSR count). The predicted octanol–water partition coefficient (Wildman–Crippen LogP) is 2.17. The van der Waals surface area contributed by atoms with Gasteiger partial charge in [-0.1, -0.05) is 25.6 Å². The third kappa shape index (κ3) is 3.02. The Morgan fingerprint density at radius 3 is 2.44 bits per heavy atom. The van der Waals surface area contributed by atoms with Crippen molar-refractivity contribution in [1.29, 1.82) is 0 Å². The summed E-state index contributed by atoms with van der Waals surface area (Å²) in [5.74, 6) is 5.30. The summed E-state index contributed by atoms with van der Waals surface area (Å²) < 4.78 is 5.29. The van der Waals surface area contributed by atoms with E-state index in [0.717, 1.165) is 18.7 Å². The topological polar surface area (TPSA) is 61.0 Å². The Morgan fingerprint density at radius 2 is 1.94 bits per heavy atom. The summed E-state index contributed by atoms with van der Waals surface area (Å²) in [5, 5.41) is 0. The molecule has 0 unspecified atom stereocenters. The van der Waals surface area contributed by atoms with Crippen LogP contribution in [-0.2, 0) is 0 Å². The van der Waals surface area contributed by atoms with Gasteiger partial charge >= 0.3 is 0 Å². The first-order valence-corrected chi connectivity index (χ1v) is 9.65. The summed E-state index contributed by atoms with van der Waals surface area (Å²) in [7, 11) is 0.146. The van der Waals surface area contributed by atoms with Gasteiger partial charge in [0.05, 0.1) is 7.11 Å². The fraction of sp³-hybridized carbons (Fsp3) is 0.538. The third-order valence-electron chi connectivity index (χ3n) is 2.62. The summed E-state index contributed by atoms with van der Waals surface area (Å²) in [5.41, 5.74) is 9.87. The average Bonchev–Trinajstić information content (AvgIpc) is 3.08. The molecule has 1 aromatic heterocycles. The van der Waals surface area contributed by atoms with Gasteiger partial charge in [-0.25, -0.2) is 4.98 Å². The normalized spacial score (nSPS) is 14.9. The number of hydrogen-bond donors (Lipinski definition) is 1. The van der Waals surface area contributed by atoms with Crippen LogP contribution in [-0.4, -0.2) is 25.2 Å². The molecule has 0 aliphatic heterocycles. The summed E-state index contributed by atoms with van der Waals surface area (Å²) >= 11 is 0. The van der Waals surface area contributed by atoms with Crippen LogP contribution in [0.15, 0.2) is 0 Å². The molecule has 1 fully saturated rings. The number of methoxy groups -OCH3 is 1. The molecule has 1 heterocycles. The molecule has 1 aromatic rings. The monoisotopic (exact) mass is 261 g/mol. The van der Waals surface area contributed by atoms with Crippen molar-refractivity contribution in [2.24, 2.45) is 0 Å². The van der Waals surface area contributed by atoms with Gasteiger partial charge in [-0.15, -0.1) is 5.54 Å². The van der Waals surface area contributed by atoms with Gasteiger partial charge < -0.3 is 10.5 Å². The van der Waals surface area contributed by atoms with E-state index in [0.29, 0.717) is 23.2 Å². The van der Waals surface area contributed by atoms with E-state index < -0.39 is 8.07 Å². The minimum Gasteiger partial charge on any atom is -0.480 e. The lowest BCUT2D eigenvalue weighted by molar-refractivity contribution is 0.394. The van der Waals surface area contributed by atoms with Gasteiger partial charge in [0, 0.05) is 5.92 Å². The molecule has 0 saturated heterocycles. The zero-order chi connectivity index (χ0) is 13.3. The molecule has 2 N–H and O–H groups in total. The molecule has 4 nitrogen and oxygen atoms in total. The molecule has 0 atom stereocenters. The number of nitrogens with two attached hydrogens (primary N) is 1. The van der Waals surface area contributed by atoms with Crippen LogP contribution in [0.3, 0.4) is 0 Å². The molecule has 1 aliphatic rings. The number of nitrogen functional groups attached to an aromatic ring is 1. The van der Waals surface area contributed by atoms with Crippen LogP contribution in [0.1, 0.15) is 30.1 Å². The molecule has 0 amide bonds. The van der Waals surface area contributed by atoms with Crippen LogP contribution >= 0.6 is 0 Å². The van der Waals surface area contributed by atoms with Gasteiger partial charge in [0.25, 0.3) is 0 Å². The van der Waals surface area contributed by atoms with Gasteiger partial charge in [0.15, 0.2) is 0 Å². The number of aromatic nitrogens is 2. The van der Waals surface area contributed by atoms with E-state index >= 15 is 0 Å². The number of hydrogen-bond acceptors (Lipinski definition) is 4. The molecule has 1 aliphatic carbocycles. The quantitative estimate of drug-likeness (QED) is 0.655. The molecule has 0 radical (unpaired) electrons. The SMILES string of the molecule is COc1nc(C2CC2)nc(N)c1C#C[Si](C)(C)C. The lowest BCUT2D eigenvalue weighted by atomic mass is 10.3. The Labute approximate surface area is 109 Å². The summed E-state index contributed by atoms with van der Waals surface area (Å²) in [4.78, 5) is 8.76. The highest BCUT2D eigenvalue weighted by Gasteiger charge is 2.28. The van der Waals surface area contributed by atoms with Crippen molar-refractivity contribution in [1.82, 2.24) is 9.97 Å². The van der Waals surface area contributed by atoms with Crippen LogP contribution in [0, 0.1) is 11.5 Å². The molecule has 5 heteroatoms. The number of anilines is 1. The lowest BCUT2D eigenvalue weighted by Crippen LogP contribution is -2.16. The Hall–Kier alpha value is -1.54. The van der Waals surface area contributed by atoms with Gasteiger partial charge in [0.1, 0.15) is 25.3 Å². The highest BCUT2D eigenvalue weighted by molar-refractivity contribution is 6.83. The van der Waals surface area contributed by atoms with Crippen LogP contribution in [0.5, 0.6) is 5.88 Å². The van der Waals surface area contributed by atoms with E-state index in [9.17, 15) is 0 Å². The van der Waals surface area contributed by atoms with E-state index in [1.54, 1.807) is 7.11 Å². The predicted molar refractivity (Wildman–Crippen MR) is 75.2 cm³/mol. The van der Waals surface area contributed by atoms with E-state index in [1.165, 1.54) is 0 Å². The molecular weight excluding hydrogens is 242 g/mol. The maximum Gasteiger partial charge on any atom is 0.234 e. The average molecular weight is 261 g/mol. The van der Waals surface area contributed by atoms with Gasteiger partial charge in [-0.05, 0) is 12.8 Å². The fourth-order valence-corrected chi connectivity index (χ4v) is 2.01. The standard InChI is InChI=1S/C13H19N3OSi/c1-17-13-10(7-8-18(2,3)4)11(14)15-12(16-13)9-5-6-9/h9H,5-6H2,1-4H3,(H2,14,15,16). The van der Waals surface area contributed by atoms with E-state index in [1.807, 2.05) is 0 Å². The fourth-order valence-electron chi connectivity index (χ4n) is 1.51. The second-order valence-electron chi connectivity index (χ2n) is 5.63. The van der Waals surface area contributed by atoms with Crippen LogP contribution in [0.25, 0.3) is 0 Å². The maximum atomic E-state index is 5.97. The number of ether oxygens (including phenoxy) is 1. The first-order valence-electron chi connectivity index (χ1n) is 6.15. The molecule has 0 spiro atoms. The largest absolute Gasteiger partial charge is 0.480 e. The van der Waals surface area contributed by atoms with Crippen molar-refractivity contribution in [3.63, 3.8) is 0 Å². The summed E-state index contributed by atoms with van der Waals surface area (Å²) in [6.45, 7) is 6.55. The van der Waals surface area contributed by atoms with Crippen LogP contribution in [0.4, 0.5) is 5.82 Å². The van der Waals surface area contributed by atoms with Gasteiger partial charge in [-0.2, -0.15) is 4.98 Å². The third-order valence-corrected chi connectivity index (χ3v) is 3.49. The van der Waals surface area contributed by atoms with Crippen molar-refractivity contribution >= 4 is 13.9 Å². The second kappa shape index (κ2) is 4.62. The van der Waals surface area contributed by atoms with Crippen molar-refractivity contribution in [3.05, 3.63) is 11.4 Å².